The van der Waals surface area contributed by atoms with E-state index in [1.807, 2.05) is 4.90 Å². The van der Waals surface area contributed by atoms with Crippen LogP contribution in [0.3, 0.4) is 0 Å². The molecule has 1 aromatic rings. The third kappa shape index (κ3) is 6.25. The SMILES string of the molecule is CC1CC(C)CN(C(=O)c2ccccc2NC(=O)NC(C)(C)CCC(=O)O)C1. The molecule has 2 atom stereocenters. The first-order valence-electron chi connectivity index (χ1n) is 9.76. The molecule has 1 fully saturated rings. The molecule has 0 bridgehead atoms. The van der Waals surface area contributed by atoms with Crippen LogP contribution in [-0.2, 0) is 4.79 Å². The second-order valence-corrected chi connectivity index (χ2v) is 8.56. The van der Waals surface area contributed by atoms with Crippen molar-refractivity contribution in [1.82, 2.24) is 10.2 Å². The molecule has 7 nitrogen and oxygen atoms in total. The molecule has 154 valence electrons. The molecule has 7 heteroatoms. The van der Waals surface area contributed by atoms with Gasteiger partial charge >= 0.3 is 12.0 Å². The van der Waals surface area contributed by atoms with Gasteiger partial charge in [-0.05, 0) is 50.7 Å². The highest BCUT2D eigenvalue weighted by Crippen LogP contribution is 2.25. The molecule has 1 aliphatic heterocycles. The minimum atomic E-state index is -0.906. The number of carboxylic acid groups (broad SMARTS) is 1. The summed E-state index contributed by atoms with van der Waals surface area (Å²) in [7, 11) is 0. The molecule has 2 unspecified atom stereocenters. The van der Waals surface area contributed by atoms with E-state index in [9.17, 15) is 14.4 Å². The highest BCUT2D eigenvalue weighted by atomic mass is 16.4. The zero-order chi connectivity index (χ0) is 20.9. The molecule has 0 spiro atoms. The van der Waals surface area contributed by atoms with Gasteiger partial charge in [-0.2, -0.15) is 0 Å². The van der Waals surface area contributed by atoms with Crippen molar-refractivity contribution in [1.29, 1.82) is 0 Å². The van der Waals surface area contributed by atoms with Gasteiger partial charge in [0, 0.05) is 25.0 Å². The molecule has 3 amide bonds. The van der Waals surface area contributed by atoms with Crippen molar-refractivity contribution in [2.75, 3.05) is 18.4 Å². The van der Waals surface area contributed by atoms with E-state index in [0.717, 1.165) is 6.42 Å². The number of anilines is 1. The van der Waals surface area contributed by atoms with Crippen LogP contribution in [0.5, 0.6) is 0 Å². The van der Waals surface area contributed by atoms with Gasteiger partial charge in [0.05, 0.1) is 11.3 Å². The topological polar surface area (TPSA) is 98.7 Å². The summed E-state index contributed by atoms with van der Waals surface area (Å²) in [5, 5.41) is 14.4. The number of carbonyl (C=O) groups is 3. The third-order valence-corrected chi connectivity index (χ3v) is 4.98. The molecule has 1 aliphatic rings. The monoisotopic (exact) mass is 389 g/mol. The molecule has 28 heavy (non-hydrogen) atoms. The third-order valence-electron chi connectivity index (χ3n) is 4.98. The number of rotatable bonds is 6. The van der Waals surface area contributed by atoms with Gasteiger partial charge in [0.1, 0.15) is 0 Å². The first kappa shape index (κ1) is 21.7. The zero-order valence-corrected chi connectivity index (χ0v) is 17.1. The fourth-order valence-electron chi connectivity index (χ4n) is 3.72. The largest absolute Gasteiger partial charge is 0.481 e. The lowest BCUT2D eigenvalue weighted by atomic mass is 9.91. The molecule has 1 saturated heterocycles. The lowest BCUT2D eigenvalue weighted by Crippen LogP contribution is -2.46. The Kier molecular flexibility index (Phi) is 7.05. The molecule has 1 heterocycles. The van der Waals surface area contributed by atoms with Crippen molar-refractivity contribution < 1.29 is 19.5 Å². The van der Waals surface area contributed by atoms with Crippen LogP contribution >= 0.6 is 0 Å². The average Bonchev–Trinajstić information content (AvgIpc) is 2.58. The number of hydrogen-bond donors (Lipinski definition) is 3. The van der Waals surface area contributed by atoms with Crippen molar-refractivity contribution >= 4 is 23.6 Å². The van der Waals surface area contributed by atoms with Gasteiger partial charge in [0.15, 0.2) is 0 Å². The van der Waals surface area contributed by atoms with Crippen molar-refractivity contribution in [3.63, 3.8) is 0 Å². The standard InChI is InChI=1S/C21H31N3O4/c1-14-11-15(2)13-24(12-14)19(27)16-7-5-6-8-17(16)22-20(28)23-21(3,4)10-9-18(25)26/h5-8,14-15H,9-13H2,1-4H3,(H,25,26)(H2,22,23,28). The van der Waals surface area contributed by atoms with Crippen LogP contribution in [-0.4, -0.2) is 46.5 Å². The van der Waals surface area contributed by atoms with Gasteiger partial charge in [-0.25, -0.2) is 4.79 Å². The summed E-state index contributed by atoms with van der Waals surface area (Å²) in [6.45, 7) is 9.25. The number of carboxylic acids is 1. The van der Waals surface area contributed by atoms with Crippen LogP contribution < -0.4 is 10.6 Å². The fourth-order valence-corrected chi connectivity index (χ4v) is 3.72. The molecule has 0 aromatic heterocycles. The lowest BCUT2D eigenvalue weighted by molar-refractivity contribution is -0.137. The summed E-state index contributed by atoms with van der Waals surface area (Å²) in [5.41, 5.74) is 0.228. The molecule has 0 saturated carbocycles. The summed E-state index contributed by atoms with van der Waals surface area (Å²) < 4.78 is 0. The van der Waals surface area contributed by atoms with Crippen LogP contribution in [0.2, 0.25) is 0 Å². The number of nitrogens with one attached hydrogen (secondary N) is 2. The Morgan fingerprint density at radius 1 is 1.14 bits per heavy atom. The first-order valence-corrected chi connectivity index (χ1v) is 9.76. The van der Waals surface area contributed by atoms with Crippen molar-refractivity contribution in [2.45, 2.75) is 52.5 Å². The Morgan fingerprint density at radius 2 is 1.75 bits per heavy atom. The van der Waals surface area contributed by atoms with E-state index < -0.39 is 17.5 Å². The van der Waals surface area contributed by atoms with Crippen LogP contribution in [0.25, 0.3) is 0 Å². The van der Waals surface area contributed by atoms with Crippen molar-refractivity contribution in [3.05, 3.63) is 29.8 Å². The van der Waals surface area contributed by atoms with Crippen molar-refractivity contribution in [3.8, 4) is 0 Å². The number of nitrogens with zero attached hydrogens (tertiary/aromatic N) is 1. The molecular formula is C21H31N3O4. The molecule has 0 aliphatic carbocycles. The van der Waals surface area contributed by atoms with E-state index in [0.29, 0.717) is 42.6 Å². The fraction of sp³-hybridized carbons (Fsp3) is 0.571. The highest BCUT2D eigenvalue weighted by Gasteiger charge is 2.28. The maximum Gasteiger partial charge on any atom is 0.319 e. The Bertz CT molecular complexity index is 722. The Morgan fingerprint density at radius 3 is 2.36 bits per heavy atom. The summed E-state index contributed by atoms with van der Waals surface area (Å²) in [6.07, 6.45) is 1.38. The minimum absolute atomic E-state index is 0.0340. The van der Waals surface area contributed by atoms with Crippen LogP contribution in [0, 0.1) is 11.8 Å². The number of carbonyl (C=O) groups excluding carboxylic acids is 2. The Balaban J connectivity index is 2.08. The number of piperidine rings is 1. The Hall–Kier alpha value is -2.57. The smallest absolute Gasteiger partial charge is 0.319 e. The first-order chi connectivity index (χ1) is 13.1. The van der Waals surface area contributed by atoms with Crippen molar-refractivity contribution in [2.24, 2.45) is 11.8 Å². The maximum atomic E-state index is 13.0. The number of para-hydroxylation sites is 1. The number of likely N-dealkylation sites (tertiary alicyclic amines) is 1. The van der Waals surface area contributed by atoms with Crippen LogP contribution in [0.1, 0.15) is 57.3 Å². The van der Waals surface area contributed by atoms with Crippen LogP contribution in [0.15, 0.2) is 24.3 Å². The summed E-state index contributed by atoms with van der Waals surface area (Å²) in [5.74, 6) is -0.0899. The molecule has 3 N–H and O–H groups in total. The van der Waals surface area contributed by atoms with E-state index in [1.165, 1.54) is 0 Å². The summed E-state index contributed by atoms with van der Waals surface area (Å²) in [6, 6.07) is 6.51. The number of aliphatic carboxylic acids is 1. The van der Waals surface area contributed by atoms with E-state index in [2.05, 4.69) is 24.5 Å². The average molecular weight is 389 g/mol. The Labute approximate surface area is 166 Å². The number of urea groups is 1. The van der Waals surface area contributed by atoms with E-state index in [1.54, 1.807) is 38.1 Å². The van der Waals surface area contributed by atoms with Crippen LogP contribution in [0.4, 0.5) is 10.5 Å². The zero-order valence-electron chi connectivity index (χ0n) is 17.1. The summed E-state index contributed by atoms with van der Waals surface area (Å²) in [4.78, 5) is 38.1. The van der Waals surface area contributed by atoms with Gasteiger partial charge in [0.25, 0.3) is 5.91 Å². The van der Waals surface area contributed by atoms with E-state index in [-0.39, 0.29) is 12.3 Å². The van der Waals surface area contributed by atoms with Gasteiger partial charge in [0.2, 0.25) is 0 Å². The van der Waals surface area contributed by atoms with Gasteiger partial charge < -0.3 is 20.6 Å². The van der Waals surface area contributed by atoms with Gasteiger partial charge in [-0.1, -0.05) is 26.0 Å². The predicted molar refractivity (Wildman–Crippen MR) is 108 cm³/mol. The molecule has 2 rings (SSSR count). The maximum absolute atomic E-state index is 13.0. The molecule has 0 radical (unpaired) electrons. The van der Waals surface area contributed by atoms with E-state index in [4.69, 9.17) is 5.11 Å². The normalized spacial score (nSPS) is 19.8. The predicted octanol–water partition coefficient (Wildman–Crippen LogP) is 3.57. The quantitative estimate of drug-likeness (QED) is 0.693. The minimum Gasteiger partial charge on any atom is -0.481 e. The van der Waals surface area contributed by atoms with Gasteiger partial charge in [-0.15, -0.1) is 0 Å². The highest BCUT2D eigenvalue weighted by molar-refractivity contribution is 6.03. The second-order valence-electron chi connectivity index (χ2n) is 8.56. The second kappa shape index (κ2) is 9.08. The number of hydrogen-bond acceptors (Lipinski definition) is 3. The number of benzene rings is 1. The van der Waals surface area contributed by atoms with E-state index >= 15 is 0 Å². The molecule has 1 aromatic carbocycles. The molecular weight excluding hydrogens is 358 g/mol. The lowest BCUT2D eigenvalue weighted by Gasteiger charge is -2.35. The number of amides is 3. The van der Waals surface area contributed by atoms with Gasteiger partial charge in [-0.3, -0.25) is 9.59 Å². The summed E-state index contributed by atoms with van der Waals surface area (Å²) >= 11 is 0.